The predicted molar refractivity (Wildman–Crippen MR) is 106 cm³/mol. The standard InChI is InChI=1S/C19H19FN4O3.ClH/c1-26-17-5-2-12(10-21)8-16(17)24-19(25)23-15-4-3-13(9-14(15)20)18-11-22-6-7-27-18;/h2-5,8-9,18,22H,6-7,11H2,1H3,(H2,23,24,25);1H/t18-;/m1./s1. The third-order valence-electron chi connectivity index (χ3n) is 4.12. The Labute approximate surface area is 168 Å². The number of anilines is 2. The molecule has 0 aliphatic carbocycles. The number of urea groups is 1. The smallest absolute Gasteiger partial charge is 0.323 e. The van der Waals surface area contributed by atoms with Crippen molar-refractivity contribution in [1.29, 1.82) is 5.26 Å². The van der Waals surface area contributed by atoms with Gasteiger partial charge >= 0.3 is 6.03 Å². The Morgan fingerprint density at radius 3 is 2.71 bits per heavy atom. The molecule has 0 unspecified atom stereocenters. The molecular weight excluding hydrogens is 387 g/mol. The van der Waals surface area contributed by atoms with Crippen molar-refractivity contribution in [3.05, 3.63) is 53.3 Å². The highest BCUT2D eigenvalue weighted by Gasteiger charge is 2.18. The number of carbonyl (C=O) groups is 1. The van der Waals surface area contributed by atoms with E-state index in [9.17, 15) is 9.18 Å². The summed E-state index contributed by atoms with van der Waals surface area (Å²) in [6.45, 7) is 1.95. The number of benzene rings is 2. The van der Waals surface area contributed by atoms with Crippen molar-refractivity contribution in [2.45, 2.75) is 6.10 Å². The number of rotatable bonds is 4. The summed E-state index contributed by atoms with van der Waals surface area (Å²) in [7, 11) is 1.45. The van der Waals surface area contributed by atoms with Crippen LogP contribution in [-0.4, -0.2) is 32.8 Å². The Hall–Kier alpha value is -2.86. The van der Waals surface area contributed by atoms with E-state index in [1.165, 1.54) is 25.3 Å². The molecule has 2 amide bonds. The first-order valence-corrected chi connectivity index (χ1v) is 8.38. The minimum absolute atomic E-state index is 0. The Bertz CT molecular complexity index is 882. The Morgan fingerprint density at radius 1 is 1.29 bits per heavy atom. The monoisotopic (exact) mass is 406 g/mol. The van der Waals surface area contributed by atoms with Crippen molar-refractivity contribution >= 4 is 29.8 Å². The summed E-state index contributed by atoms with van der Waals surface area (Å²) in [6, 6.07) is 10.5. The molecular formula is C19H20ClFN4O3. The van der Waals surface area contributed by atoms with Crippen LogP contribution in [0.15, 0.2) is 36.4 Å². The Balaban J connectivity index is 0.00000280. The number of ether oxygens (including phenoxy) is 2. The van der Waals surface area contributed by atoms with Gasteiger partial charge in [0.15, 0.2) is 0 Å². The second-order valence-corrected chi connectivity index (χ2v) is 5.91. The second kappa shape index (κ2) is 9.90. The topological polar surface area (TPSA) is 95.4 Å². The van der Waals surface area contributed by atoms with E-state index in [-0.39, 0.29) is 24.2 Å². The van der Waals surface area contributed by atoms with E-state index >= 15 is 0 Å². The summed E-state index contributed by atoms with van der Waals surface area (Å²) >= 11 is 0. The molecule has 1 fully saturated rings. The lowest BCUT2D eigenvalue weighted by atomic mass is 10.1. The highest BCUT2D eigenvalue weighted by molar-refractivity contribution is 6.00. The van der Waals surface area contributed by atoms with E-state index in [0.29, 0.717) is 35.7 Å². The normalized spacial score (nSPS) is 15.7. The van der Waals surface area contributed by atoms with Crippen LogP contribution in [0, 0.1) is 17.1 Å². The summed E-state index contributed by atoms with van der Waals surface area (Å²) < 4.78 is 25.1. The van der Waals surface area contributed by atoms with Crippen molar-refractivity contribution in [3.8, 4) is 11.8 Å². The van der Waals surface area contributed by atoms with Gasteiger partial charge < -0.3 is 25.4 Å². The molecule has 1 atom stereocenters. The van der Waals surface area contributed by atoms with Crippen LogP contribution in [0.3, 0.4) is 0 Å². The molecule has 3 rings (SSSR count). The zero-order chi connectivity index (χ0) is 19.2. The summed E-state index contributed by atoms with van der Waals surface area (Å²) in [5, 5.41) is 17.2. The zero-order valence-corrected chi connectivity index (χ0v) is 15.9. The molecule has 0 bridgehead atoms. The predicted octanol–water partition coefficient (Wildman–Crippen LogP) is 3.43. The molecule has 2 aromatic carbocycles. The lowest BCUT2D eigenvalue weighted by molar-refractivity contribution is 0.0275. The van der Waals surface area contributed by atoms with Crippen molar-refractivity contribution in [3.63, 3.8) is 0 Å². The minimum Gasteiger partial charge on any atom is -0.495 e. The van der Waals surface area contributed by atoms with Crippen LogP contribution in [0.4, 0.5) is 20.6 Å². The van der Waals surface area contributed by atoms with Gasteiger partial charge in [0.2, 0.25) is 0 Å². The molecule has 1 saturated heterocycles. The Morgan fingerprint density at radius 2 is 2.07 bits per heavy atom. The second-order valence-electron chi connectivity index (χ2n) is 5.91. The molecule has 1 aliphatic heterocycles. The molecule has 2 aromatic rings. The van der Waals surface area contributed by atoms with Crippen molar-refractivity contribution in [2.24, 2.45) is 0 Å². The molecule has 148 valence electrons. The van der Waals surface area contributed by atoms with Crippen LogP contribution in [0.5, 0.6) is 5.75 Å². The maximum absolute atomic E-state index is 14.4. The summed E-state index contributed by atoms with van der Waals surface area (Å²) in [5.74, 6) is -0.170. The van der Waals surface area contributed by atoms with E-state index in [1.807, 2.05) is 6.07 Å². The molecule has 3 N–H and O–H groups in total. The van der Waals surface area contributed by atoms with Gasteiger partial charge in [-0.3, -0.25) is 0 Å². The van der Waals surface area contributed by atoms with Gasteiger partial charge in [-0.05, 0) is 35.9 Å². The van der Waals surface area contributed by atoms with Crippen LogP contribution >= 0.6 is 12.4 Å². The van der Waals surface area contributed by atoms with E-state index in [1.54, 1.807) is 18.2 Å². The first-order valence-electron chi connectivity index (χ1n) is 8.38. The number of methoxy groups -OCH3 is 1. The highest BCUT2D eigenvalue weighted by atomic mass is 35.5. The van der Waals surface area contributed by atoms with Crippen molar-refractivity contribution in [2.75, 3.05) is 37.4 Å². The number of halogens is 2. The fraction of sp³-hybridized carbons (Fsp3) is 0.263. The average molecular weight is 407 g/mol. The van der Waals surface area contributed by atoms with Crippen molar-refractivity contribution < 1.29 is 18.7 Å². The van der Waals surface area contributed by atoms with E-state index in [2.05, 4.69) is 16.0 Å². The number of carbonyl (C=O) groups excluding carboxylic acids is 1. The van der Waals surface area contributed by atoms with Gasteiger partial charge in [-0.2, -0.15) is 5.26 Å². The summed E-state index contributed by atoms with van der Waals surface area (Å²) in [6.07, 6.45) is -0.214. The van der Waals surface area contributed by atoms with Gasteiger partial charge in [0.1, 0.15) is 11.6 Å². The summed E-state index contributed by atoms with van der Waals surface area (Å²) in [4.78, 5) is 12.2. The third kappa shape index (κ3) is 5.10. The van der Waals surface area contributed by atoms with Gasteiger partial charge in [-0.15, -0.1) is 12.4 Å². The number of nitriles is 1. The first-order chi connectivity index (χ1) is 13.1. The molecule has 0 saturated carbocycles. The fourth-order valence-corrected chi connectivity index (χ4v) is 2.76. The molecule has 1 heterocycles. The van der Waals surface area contributed by atoms with Crippen LogP contribution < -0.4 is 20.7 Å². The van der Waals surface area contributed by atoms with Crippen LogP contribution in [0.1, 0.15) is 17.2 Å². The fourth-order valence-electron chi connectivity index (χ4n) is 2.76. The maximum Gasteiger partial charge on any atom is 0.323 e. The third-order valence-corrected chi connectivity index (χ3v) is 4.12. The quantitative estimate of drug-likeness (QED) is 0.723. The molecule has 0 spiro atoms. The molecule has 28 heavy (non-hydrogen) atoms. The van der Waals surface area contributed by atoms with Gasteiger partial charge in [-0.25, -0.2) is 9.18 Å². The molecule has 7 nitrogen and oxygen atoms in total. The van der Waals surface area contributed by atoms with Gasteiger partial charge in [0, 0.05) is 13.1 Å². The minimum atomic E-state index is -0.648. The molecule has 9 heteroatoms. The van der Waals surface area contributed by atoms with Crippen LogP contribution in [-0.2, 0) is 4.74 Å². The number of hydrogen-bond donors (Lipinski definition) is 3. The number of morpholine rings is 1. The van der Waals surface area contributed by atoms with Gasteiger partial charge in [-0.1, -0.05) is 6.07 Å². The zero-order valence-electron chi connectivity index (χ0n) is 15.1. The van der Waals surface area contributed by atoms with Gasteiger partial charge in [0.05, 0.1) is 42.8 Å². The van der Waals surface area contributed by atoms with Crippen LogP contribution in [0.2, 0.25) is 0 Å². The number of hydrogen-bond acceptors (Lipinski definition) is 5. The summed E-state index contributed by atoms with van der Waals surface area (Å²) in [5.41, 5.74) is 1.42. The van der Waals surface area contributed by atoms with E-state index in [0.717, 1.165) is 6.54 Å². The molecule has 1 aliphatic rings. The van der Waals surface area contributed by atoms with Crippen LogP contribution in [0.25, 0.3) is 0 Å². The molecule has 0 radical (unpaired) electrons. The highest BCUT2D eigenvalue weighted by Crippen LogP contribution is 2.26. The first kappa shape index (κ1) is 21.4. The molecule has 0 aromatic heterocycles. The number of nitrogens with one attached hydrogen (secondary N) is 3. The van der Waals surface area contributed by atoms with E-state index < -0.39 is 11.8 Å². The van der Waals surface area contributed by atoms with Crippen molar-refractivity contribution in [1.82, 2.24) is 5.32 Å². The number of amides is 2. The largest absolute Gasteiger partial charge is 0.495 e. The lowest BCUT2D eigenvalue weighted by Crippen LogP contribution is -2.33. The van der Waals surface area contributed by atoms with E-state index in [4.69, 9.17) is 14.7 Å². The lowest BCUT2D eigenvalue weighted by Gasteiger charge is -2.24. The Kier molecular flexibility index (Phi) is 7.58. The number of nitrogens with zero attached hydrogens (tertiary/aromatic N) is 1. The van der Waals surface area contributed by atoms with Gasteiger partial charge in [0.25, 0.3) is 0 Å². The maximum atomic E-state index is 14.4. The average Bonchev–Trinajstić information content (AvgIpc) is 2.70. The SMILES string of the molecule is COc1ccc(C#N)cc1NC(=O)Nc1ccc([C@H]2CNCCO2)cc1F.Cl.